The van der Waals surface area contributed by atoms with Gasteiger partial charge in [0, 0.05) is 22.7 Å². The number of nitrogens with two attached hydrogens (primary N) is 1. The largest absolute Gasteiger partial charge is 0.370 e. The molecule has 1 aromatic heterocycles. The van der Waals surface area contributed by atoms with Crippen LogP contribution >= 0.6 is 23.2 Å². The molecule has 0 bridgehead atoms. The molecule has 2 aromatic carbocycles. The van der Waals surface area contributed by atoms with E-state index in [1.54, 1.807) is 22.9 Å². The van der Waals surface area contributed by atoms with E-state index in [0.717, 1.165) is 29.7 Å². The van der Waals surface area contributed by atoms with E-state index in [2.05, 4.69) is 31.4 Å². The lowest BCUT2D eigenvalue weighted by atomic mass is 9.99. The third-order valence-corrected chi connectivity index (χ3v) is 7.04. The average Bonchev–Trinajstić information content (AvgIpc) is 3.42. The number of nitrogens with zero attached hydrogens (tertiary/aromatic N) is 3. The highest BCUT2D eigenvalue weighted by Crippen LogP contribution is 2.33. The van der Waals surface area contributed by atoms with Gasteiger partial charge in [0.15, 0.2) is 5.69 Å². The summed E-state index contributed by atoms with van der Waals surface area (Å²) in [7, 11) is 0. The lowest BCUT2D eigenvalue weighted by Gasteiger charge is -2.24. The maximum Gasteiger partial charge on any atom is 0.286 e. The summed E-state index contributed by atoms with van der Waals surface area (Å²) in [5.74, 6) is -0.458. The van der Waals surface area contributed by atoms with E-state index < -0.39 is 5.91 Å². The SMILES string of the molecule is Cc1c(C(=O)NN2CCCC2COCC(N)=O)nn(-c2ccc(Cl)cc2Cl)c1-c1ccc(C(C)C)cc1. The number of carbonyl (C=O) groups excluding carboxylic acids is 2. The number of primary amides is 1. The van der Waals surface area contributed by atoms with Crippen LogP contribution in [0.15, 0.2) is 42.5 Å². The zero-order chi connectivity index (χ0) is 26.7. The Bertz CT molecular complexity index is 1290. The van der Waals surface area contributed by atoms with Crippen LogP contribution in [0.1, 0.15) is 54.2 Å². The number of nitrogens with one attached hydrogen (secondary N) is 1. The lowest BCUT2D eigenvalue weighted by molar-refractivity contribution is -0.123. The van der Waals surface area contributed by atoms with Crippen LogP contribution in [0.2, 0.25) is 10.0 Å². The molecule has 8 nitrogen and oxygen atoms in total. The van der Waals surface area contributed by atoms with E-state index in [0.29, 0.717) is 34.8 Å². The summed E-state index contributed by atoms with van der Waals surface area (Å²) in [6, 6.07) is 13.4. The molecular formula is C27H31Cl2N5O3. The molecule has 1 saturated heterocycles. The fraction of sp³-hybridized carbons (Fsp3) is 0.370. The third kappa shape index (κ3) is 6.15. The van der Waals surface area contributed by atoms with Crippen molar-refractivity contribution in [2.75, 3.05) is 19.8 Å². The molecule has 0 saturated carbocycles. The predicted octanol–water partition coefficient (Wildman–Crippen LogP) is 4.89. The summed E-state index contributed by atoms with van der Waals surface area (Å²) in [5, 5.41) is 7.49. The Labute approximate surface area is 226 Å². The Balaban J connectivity index is 1.68. The Morgan fingerprint density at radius 3 is 2.57 bits per heavy atom. The highest BCUT2D eigenvalue weighted by Gasteiger charge is 2.29. The zero-order valence-corrected chi connectivity index (χ0v) is 22.6. The number of hydrogen-bond acceptors (Lipinski definition) is 5. The van der Waals surface area contributed by atoms with E-state index in [9.17, 15) is 9.59 Å². The van der Waals surface area contributed by atoms with Crippen LogP contribution in [0.4, 0.5) is 0 Å². The highest BCUT2D eigenvalue weighted by atomic mass is 35.5. The van der Waals surface area contributed by atoms with E-state index >= 15 is 0 Å². The van der Waals surface area contributed by atoms with Gasteiger partial charge < -0.3 is 10.5 Å². The van der Waals surface area contributed by atoms with Gasteiger partial charge in [0.25, 0.3) is 5.91 Å². The minimum absolute atomic E-state index is 0.0561. The Kier molecular flexibility index (Phi) is 8.54. The van der Waals surface area contributed by atoms with Crippen molar-refractivity contribution in [3.05, 3.63) is 69.3 Å². The summed E-state index contributed by atoms with van der Waals surface area (Å²) in [6.45, 7) is 6.98. The average molecular weight is 544 g/mol. The smallest absolute Gasteiger partial charge is 0.286 e. The first-order valence-electron chi connectivity index (χ1n) is 12.2. The third-order valence-electron chi connectivity index (χ3n) is 6.50. The van der Waals surface area contributed by atoms with Crippen molar-refractivity contribution in [1.82, 2.24) is 20.2 Å². The molecule has 3 N–H and O–H groups in total. The number of hydrazine groups is 1. The van der Waals surface area contributed by atoms with Gasteiger partial charge in [0.05, 0.1) is 29.1 Å². The van der Waals surface area contributed by atoms with E-state index in [-0.39, 0.29) is 24.2 Å². The molecule has 2 amide bonds. The first kappa shape index (κ1) is 27.1. The Morgan fingerprint density at radius 1 is 1.19 bits per heavy atom. The number of aromatic nitrogens is 2. The molecule has 1 fully saturated rings. The molecule has 0 spiro atoms. The summed E-state index contributed by atoms with van der Waals surface area (Å²) < 4.78 is 7.09. The van der Waals surface area contributed by atoms with Crippen LogP contribution in [0.5, 0.6) is 0 Å². The number of rotatable bonds is 9. The van der Waals surface area contributed by atoms with Crippen LogP contribution in [0.3, 0.4) is 0 Å². The summed E-state index contributed by atoms with van der Waals surface area (Å²) >= 11 is 12.7. The second-order valence-corrected chi connectivity index (χ2v) is 10.4. The van der Waals surface area contributed by atoms with Gasteiger partial charge in [-0.2, -0.15) is 5.10 Å². The van der Waals surface area contributed by atoms with Gasteiger partial charge >= 0.3 is 0 Å². The predicted molar refractivity (Wildman–Crippen MR) is 145 cm³/mol. The first-order valence-corrected chi connectivity index (χ1v) is 13.0. The van der Waals surface area contributed by atoms with Crippen LogP contribution in [-0.2, 0) is 9.53 Å². The number of ether oxygens (including phenoxy) is 1. The maximum atomic E-state index is 13.5. The minimum Gasteiger partial charge on any atom is -0.370 e. The van der Waals surface area contributed by atoms with Gasteiger partial charge in [-0.25, -0.2) is 9.69 Å². The molecule has 0 aliphatic carbocycles. The Hall–Kier alpha value is -2.91. The van der Waals surface area contributed by atoms with Crippen LogP contribution in [-0.4, -0.2) is 52.4 Å². The van der Waals surface area contributed by atoms with Gasteiger partial charge in [-0.15, -0.1) is 0 Å². The van der Waals surface area contributed by atoms with Crippen molar-refractivity contribution in [3.8, 4) is 16.9 Å². The lowest BCUT2D eigenvalue weighted by Crippen LogP contribution is -2.47. The van der Waals surface area contributed by atoms with Gasteiger partial charge in [-0.05, 0) is 49.4 Å². The molecule has 2 heterocycles. The van der Waals surface area contributed by atoms with Crippen molar-refractivity contribution in [2.24, 2.45) is 5.73 Å². The first-order chi connectivity index (χ1) is 17.7. The van der Waals surface area contributed by atoms with Crippen molar-refractivity contribution < 1.29 is 14.3 Å². The van der Waals surface area contributed by atoms with Crippen molar-refractivity contribution in [2.45, 2.75) is 45.6 Å². The molecule has 1 unspecified atom stereocenters. The second-order valence-electron chi connectivity index (χ2n) is 9.52. The molecule has 196 valence electrons. The number of amides is 2. The number of hydrogen-bond donors (Lipinski definition) is 2. The normalized spacial score (nSPS) is 15.9. The van der Waals surface area contributed by atoms with Crippen LogP contribution in [0, 0.1) is 6.92 Å². The molecule has 3 aromatic rings. The Morgan fingerprint density at radius 2 is 1.92 bits per heavy atom. The fourth-order valence-electron chi connectivity index (χ4n) is 4.54. The van der Waals surface area contributed by atoms with Crippen molar-refractivity contribution >= 4 is 35.0 Å². The van der Waals surface area contributed by atoms with Gasteiger partial charge in [0.1, 0.15) is 6.61 Å². The molecule has 1 atom stereocenters. The highest BCUT2D eigenvalue weighted by molar-refractivity contribution is 6.35. The molecule has 4 rings (SSSR count). The standard InChI is InChI=1S/C27H31Cl2N5O3/c1-16(2)18-6-8-19(9-7-18)26-17(3)25(31-34(26)23-11-10-20(28)13-22(23)29)27(36)32-33-12-4-5-21(33)14-37-15-24(30)35/h6-11,13,16,21H,4-5,12,14-15H2,1-3H3,(H2,30,35)(H,32,36). The molecule has 37 heavy (non-hydrogen) atoms. The van der Waals surface area contributed by atoms with E-state index in [1.807, 2.05) is 24.1 Å². The van der Waals surface area contributed by atoms with E-state index in [1.165, 1.54) is 5.56 Å². The number of halogens is 2. The maximum absolute atomic E-state index is 13.5. The number of benzene rings is 2. The summed E-state index contributed by atoms with van der Waals surface area (Å²) in [4.78, 5) is 24.5. The second kappa shape index (κ2) is 11.6. The molecule has 1 aliphatic heterocycles. The quantitative estimate of drug-likeness (QED) is 0.400. The van der Waals surface area contributed by atoms with Crippen molar-refractivity contribution in [3.63, 3.8) is 0 Å². The van der Waals surface area contributed by atoms with Crippen LogP contribution in [0.25, 0.3) is 16.9 Å². The molecule has 1 aliphatic rings. The number of carbonyl (C=O) groups is 2. The van der Waals surface area contributed by atoms with Crippen molar-refractivity contribution in [1.29, 1.82) is 0 Å². The fourth-order valence-corrected chi connectivity index (χ4v) is 5.03. The molecular weight excluding hydrogens is 513 g/mol. The molecule has 10 heteroatoms. The summed E-state index contributed by atoms with van der Waals surface area (Å²) in [6.07, 6.45) is 1.73. The minimum atomic E-state index is -0.524. The van der Waals surface area contributed by atoms with Gasteiger partial charge in [-0.1, -0.05) is 61.3 Å². The zero-order valence-electron chi connectivity index (χ0n) is 21.1. The van der Waals surface area contributed by atoms with Crippen LogP contribution < -0.4 is 11.2 Å². The topological polar surface area (TPSA) is 102 Å². The summed E-state index contributed by atoms with van der Waals surface area (Å²) in [5.41, 5.74) is 12.7. The van der Waals surface area contributed by atoms with E-state index in [4.69, 9.17) is 38.8 Å². The molecule has 0 radical (unpaired) electrons. The van der Waals surface area contributed by atoms with Gasteiger partial charge in [-0.3, -0.25) is 15.0 Å². The van der Waals surface area contributed by atoms with Gasteiger partial charge in [0.2, 0.25) is 5.91 Å². The monoisotopic (exact) mass is 543 g/mol.